The third-order valence-corrected chi connectivity index (χ3v) is 7.72. The van der Waals surface area contributed by atoms with Gasteiger partial charge >= 0.3 is 0 Å². The Bertz CT molecular complexity index is 562. The molecule has 122 valence electrons. The zero-order valence-corrected chi connectivity index (χ0v) is 14.7. The summed E-state index contributed by atoms with van der Waals surface area (Å²) in [5, 5.41) is 0. The lowest BCUT2D eigenvalue weighted by Crippen LogP contribution is -2.48. The van der Waals surface area contributed by atoms with Gasteiger partial charge < -0.3 is 4.74 Å². The molecule has 0 N–H and O–H groups in total. The number of rotatable bonds is 1. The molecule has 1 aliphatic heterocycles. The van der Waals surface area contributed by atoms with Crippen molar-refractivity contribution in [2.45, 2.75) is 78.4 Å². The molecule has 0 amide bonds. The fourth-order valence-electron chi connectivity index (χ4n) is 5.94. The third-order valence-electron chi connectivity index (χ3n) is 7.72. The molecule has 4 rings (SSSR count). The van der Waals surface area contributed by atoms with Crippen molar-refractivity contribution >= 4 is 5.78 Å². The van der Waals surface area contributed by atoms with E-state index in [4.69, 9.17) is 4.74 Å². The van der Waals surface area contributed by atoms with Crippen LogP contribution in [0.25, 0.3) is 0 Å². The highest BCUT2D eigenvalue weighted by atomic mass is 16.6. The van der Waals surface area contributed by atoms with Crippen molar-refractivity contribution in [3.8, 4) is 0 Å². The normalized spacial score (nSPS) is 53.5. The zero-order valence-electron chi connectivity index (χ0n) is 14.7. The molecule has 0 aromatic carbocycles. The number of carbonyl (C=O) groups is 1. The Labute approximate surface area is 134 Å². The first-order valence-corrected chi connectivity index (χ1v) is 9.13. The smallest absolute Gasteiger partial charge is 0.162 e. The highest BCUT2D eigenvalue weighted by Gasteiger charge is 2.64. The second kappa shape index (κ2) is 4.26. The Kier molecular flexibility index (Phi) is 2.89. The lowest BCUT2D eigenvalue weighted by Gasteiger charge is -2.52. The van der Waals surface area contributed by atoms with E-state index in [0.29, 0.717) is 35.1 Å². The van der Waals surface area contributed by atoms with Gasteiger partial charge in [0.2, 0.25) is 0 Å². The quantitative estimate of drug-likeness (QED) is 0.666. The number of fused-ring (bicyclic) bond motifs is 4. The minimum atomic E-state index is -0.125. The van der Waals surface area contributed by atoms with E-state index in [9.17, 15) is 4.79 Å². The van der Waals surface area contributed by atoms with Gasteiger partial charge in [-0.15, -0.1) is 0 Å². The Hall–Kier alpha value is -0.630. The summed E-state index contributed by atoms with van der Waals surface area (Å²) in [6.07, 6.45) is 8.32. The third kappa shape index (κ3) is 1.79. The monoisotopic (exact) mass is 302 g/mol. The summed E-state index contributed by atoms with van der Waals surface area (Å²) in [4.78, 5) is 12.7. The average Bonchev–Trinajstić information content (AvgIpc) is 2.99. The zero-order chi connectivity index (χ0) is 15.9. The van der Waals surface area contributed by atoms with Crippen molar-refractivity contribution in [3.05, 3.63) is 11.6 Å². The summed E-state index contributed by atoms with van der Waals surface area (Å²) in [5.74, 6) is 2.02. The molecule has 2 saturated carbocycles. The fraction of sp³-hybridized carbons (Fsp3) is 0.850. The molecule has 6 atom stereocenters. The molecule has 6 unspecified atom stereocenters. The summed E-state index contributed by atoms with van der Waals surface area (Å²) in [6, 6.07) is 0. The molecular formula is C20H30O2. The molecule has 0 aromatic heterocycles. The van der Waals surface area contributed by atoms with Gasteiger partial charge in [-0.3, -0.25) is 4.79 Å². The van der Waals surface area contributed by atoms with Gasteiger partial charge in [0, 0.05) is 5.41 Å². The first-order chi connectivity index (χ1) is 10.2. The van der Waals surface area contributed by atoms with Crippen molar-refractivity contribution in [1.82, 2.24) is 0 Å². The Balaban J connectivity index is 1.74. The van der Waals surface area contributed by atoms with Gasteiger partial charge in [-0.25, -0.2) is 0 Å². The van der Waals surface area contributed by atoms with Gasteiger partial charge in [0.05, 0.1) is 11.7 Å². The second-order valence-corrected chi connectivity index (χ2v) is 9.48. The SMILES string of the molecule is CC(C)C1=CC(=O)C2(C)CCC3(C)CC4OC4(C)CCC3C12. The van der Waals surface area contributed by atoms with E-state index >= 15 is 0 Å². The lowest BCUT2D eigenvalue weighted by atomic mass is 9.51. The summed E-state index contributed by atoms with van der Waals surface area (Å²) in [5.41, 5.74) is 1.80. The van der Waals surface area contributed by atoms with E-state index in [1.54, 1.807) is 0 Å². The molecule has 0 spiro atoms. The molecule has 3 aliphatic carbocycles. The van der Waals surface area contributed by atoms with Crippen molar-refractivity contribution in [2.75, 3.05) is 0 Å². The van der Waals surface area contributed by atoms with Crippen LogP contribution >= 0.6 is 0 Å². The Morgan fingerprint density at radius 1 is 1.18 bits per heavy atom. The molecule has 0 radical (unpaired) electrons. The number of ketones is 1. The lowest BCUT2D eigenvalue weighted by molar-refractivity contribution is -0.130. The van der Waals surface area contributed by atoms with E-state index in [1.807, 2.05) is 6.08 Å². The summed E-state index contributed by atoms with van der Waals surface area (Å²) >= 11 is 0. The van der Waals surface area contributed by atoms with Crippen molar-refractivity contribution < 1.29 is 9.53 Å². The first-order valence-electron chi connectivity index (χ1n) is 9.13. The van der Waals surface area contributed by atoms with E-state index in [1.165, 1.54) is 31.3 Å². The summed E-state index contributed by atoms with van der Waals surface area (Å²) < 4.78 is 6.01. The number of epoxide rings is 1. The maximum absolute atomic E-state index is 12.7. The number of carbonyl (C=O) groups excluding carboxylic acids is 1. The molecule has 0 bridgehead atoms. The minimum Gasteiger partial charge on any atom is -0.366 e. The Morgan fingerprint density at radius 2 is 1.91 bits per heavy atom. The van der Waals surface area contributed by atoms with Gasteiger partial charge in [0.1, 0.15) is 0 Å². The van der Waals surface area contributed by atoms with Crippen LogP contribution in [0.1, 0.15) is 66.7 Å². The van der Waals surface area contributed by atoms with E-state index in [0.717, 1.165) is 6.42 Å². The van der Waals surface area contributed by atoms with Crippen LogP contribution in [0.5, 0.6) is 0 Å². The van der Waals surface area contributed by atoms with Crippen LogP contribution in [0.2, 0.25) is 0 Å². The average molecular weight is 302 g/mol. The van der Waals surface area contributed by atoms with Gasteiger partial charge in [0.25, 0.3) is 0 Å². The minimum absolute atomic E-state index is 0.125. The van der Waals surface area contributed by atoms with Gasteiger partial charge in [0.15, 0.2) is 5.78 Å². The fourth-order valence-corrected chi connectivity index (χ4v) is 5.94. The molecule has 0 aromatic rings. The molecule has 4 aliphatic rings. The van der Waals surface area contributed by atoms with Gasteiger partial charge in [-0.2, -0.15) is 0 Å². The second-order valence-electron chi connectivity index (χ2n) is 9.48. The van der Waals surface area contributed by atoms with Crippen molar-refractivity contribution in [2.24, 2.45) is 28.6 Å². The highest BCUT2D eigenvalue weighted by molar-refractivity contribution is 5.99. The number of hydrogen-bond acceptors (Lipinski definition) is 2. The molecule has 3 fully saturated rings. The van der Waals surface area contributed by atoms with Crippen LogP contribution in [0, 0.1) is 28.6 Å². The van der Waals surface area contributed by atoms with Crippen molar-refractivity contribution in [3.63, 3.8) is 0 Å². The first kappa shape index (κ1) is 14.9. The van der Waals surface area contributed by atoms with E-state index in [2.05, 4.69) is 34.6 Å². The summed E-state index contributed by atoms with van der Waals surface area (Å²) in [7, 11) is 0. The van der Waals surface area contributed by atoms with Gasteiger partial charge in [-0.1, -0.05) is 33.3 Å². The predicted octanol–water partition coefficient (Wildman–Crippen LogP) is 4.53. The number of ether oxygens (including phenoxy) is 1. The van der Waals surface area contributed by atoms with E-state index in [-0.39, 0.29) is 11.0 Å². The molecule has 1 saturated heterocycles. The Morgan fingerprint density at radius 3 is 2.59 bits per heavy atom. The molecule has 2 nitrogen and oxygen atoms in total. The van der Waals surface area contributed by atoms with E-state index < -0.39 is 0 Å². The predicted molar refractivity (Wildman–Crippen MR) is 87.5 cm³/mol. The molecule has 2 heteroatoms. The van der Waals surface area contributed by atoms with Crippen molar-refractivity contribution in [1.29, 1.82) is 0 Å². The topological polar surface area (TPSA) is 29.6 Å². The molecule has 22 heavy (non-hydrogen) atoms. The summed E-state index contributed by atoms with van der Waals surface area (Å²) in [6.45, 7) is 11.5. The largest absolute Gasteiger partial charge is 0.366 e. The number of allylic oxidation sites excluding steroid dienone is 2. The standard InChI is InChI=1S/C20H30O2/c1-12(2)13-10-15(21)19(4)9-8-18(3)11-16-20(5,22-16)7-6-14(18)17(13)19/h10,12,14,16-17H,6-9,11H2,1-5H3. The maximum Gasteiger partial charge on any atom is 0.162 e. The molecular weight excluding hydrogens is 272 g/mol. The number of hydrogen-bond donors (Lipinski definition) is 0. The van der Waals surface area contributed by atoms with Crippen LogP contribution in [0.4, 0.5) is 0 Å². The van der Waals surface area contributed by atoms with Crippen LogP contribution in [-0.2, 0) is 9.53 Å². The van der Waals surface area contributed by atoms with Crippen LogP contribution < -0.4 is 0 Å². The van der Waals surface area contributed by atoms with Crippen LogP contribution in [0.15, 0.2) is 11.6 Å². The molecule has 1 heterocycles. The van der Waals surface area contributed by atoms with Gasteiger partial charge in [-0.05, 0) is 68.3 Å². The van der Waals surface area contributed by atoms with Crippen LogP contribution in [0.3, 0.4) is 0 Å². The highest BCUT2D eigenvalue weighted by Crippen LogP contribution is 2.65. The maximum atomic E-state index is 12.7. The van der Waals surface area contributed by atoms with Crippen LogP contribution in [-0.4, -0.2) is 17.5 Å².